The topological polar surface area (TPSA) is 76.4 Å². The zero-order valence-electron chi connectivity index (χ0n) is 17.9. The van der Waals surface area contributed by atoms with E-state index in [2.05, 4.69) is 37.2 Å². The van der Waals surface area contributed by atoms with Gasteiger partial charge in [0.2, 0.25) is 0 Å². The first-order chi connectivity index (χ1) is 15.8. The van der Waals surface area contributed by atoms with Crippen LogP contribution in [0.5, 0.6) is 0 Å². The fraction of sp³-hybridized carbons (Fsp3) is 0.240. The highest BCUT2D eigenvalue weighted by Gasteiger charge is 2.32. The molecule has 0 fully saturated rings. The summed E-state index contributed by atoms with van der Waals surface area (Å²) in [7, 11) is -3.57. The van der Waals surface area contributed by atoms with Gasteiger partial charge in [0.25, 0.3) is 5.91 Å². The molecular weight excluding hydrogens is 570 g/mol. The smallest absolute Gasteiger partial charge is 0.256 e. The lowest BCUT2D eigenvalue weighted by Gasteiger charge is -2.11. The van der Waals surface area contributed by atoms with Crippen molar-refractivity contribution in [3.63, 3.8) is 0 Å². The molecule has 33 heavy (non-hydrogen) atoms. The van der Waals surface area contributed by atoms with Gasteiger partial charge < -0.3 is 9.73 Å². The van der Waals surface area contributed by atoms with Gasteiger partial charge in [-0.05, 0) is 77.5 Å². The van der Waals surface area contributed by atoms with E-state index in [0.717, 1.165) is 57.1 Å². The van der Waals surface area contributed by atoms with E-state index < -0.39 is 9.84 Å². The second kappa shape index (κ2) is 8.56. The molecule has 0 saturated carbocycles. The minimum Gasteiger partial charge on any atom is -0.461 e. The minimum absolute atomic E-state index is 0.162. The van der Waals surface area contributed by atoms with E-state index >= 15 is 0 Å². The van der Waals surface area contributed by atoms with Crippen LogP contribution >= 0.6 is 31.9 Å². The average Bonchev–Trinajstić information content (AvgIpc) is 3.31. The summed E-state index contributed by atoms with van der Waals surface area (Å²) in [5.74, 6) is 0.884. The predicted molar refractivity (Wildman–Crippen MR) is 136 cm³/mol. The Morgan fingerprint density at radius 2 is 1.82 bits per heavy atom. The number of aryl methyl sites for hydroxylation is 1. The molecule has 0 saturated heterocycles. The summed E-state index contributed by atoms with van der Waals surface area (Å²) in [4.78, 5) is 13.2. The summed E-state index contributed by atoms with van der Waals surface area (Å²) in [6.07, 6.45) is 5.25. The van der Waals surface area contributed by atoms with Crippen LogP contribution in [-0.4, -0.2) is 14.3 Å². The molecule has 0 radical (unpaired) electrons. The highest BCUT2D eigenvalue weighted by Crippen LogP contribution is 2.44. The lowest BCUT2D eigenvalue weighted by Crippen LogP contribution is -2.09. The van der Waals surface area contributed by atoms with Gasteiger partial charge in [-0.1, -0.05) is 34.1 Å². The quantitative estimate of drug-likeness (QED) is 0.354. The summed E-state index contributed by atoms with van der Waals surface area (Å²) in [6, 6.07) is 10.4. The number of benzene rings is 2. The van der Waals surface area contributed by atoms with Crippen molar-refractivity contribution in [3.8, 4) is 0 Å². The van der Waals surface area contributed by atoms with Crippen LogP contribution in [0.15, 0.2) is 54.7 Å². The van der Waals surface area contributed by atoms with Crippen molar-refractivity contribution in [2.24, 2.45) is 0 Å². The van der Waals surface area contributed by atoms with Gasteiger partial charge in [-0.3, -0.25) is 4.79 Å². The van der Waals surface area contributed by atoms with Crippen molar-refractivity contribution in [2.45, 2.75) is 43.3 Å². The number of carbonyl (C=O) groups excluding carboxylic acids is 1. The molecule has 0 unspecified atom stereocenters. The number of halogens is 2. The zero-order chi connectivity index (χ0) is 23.3. The minimum atomic E-state index is -3.57. The van der Waals surface area contributed by atoms with Crippen LogP contribution in [0.2, 0.25) is 0 Å². The Kier molecular flexibility index (Phi) is 5.87. The number of anilines is 1. The van der Waals surface area contributed by atoms with Crippen LogP contribution in [0.1, 0.15) is 46.6 Å². The second-order valence-corrected chi connectivity index (χ2v) is 12.1. The summed E-state index contributed by atoms with van der Waals surface area (Å²) in [6.45, 7) is 1.94. The second-order valence-electron chi connectivity index (χ2n) is 8.35. The maximum atomic E-state index is 13.2. The van der Waals surface area contributed by atoms with Crippen molar-refractivity contribution in [1.29, 1.82) is 0 Å². The fourth-order valence-electron chi connectivity index (χ4n) is 4.57. The van der Waals surface area contributed by atoms with Gasteiger partial charge in [0.1, 0.15) is 11.5 Å². The molecule has 0 atom stereocenters. The molecule has 0 spiro atoms. The Bertz CT molecular complexity index is 1420. The van der Waals surface area contributed by atoms with Crippen molar-refractivity contribution in [2.75, 3.05) is 5.32 Å². The molecule has 2 heterocycles. The van der Waals surface area contributed by atoms with E-state index in [9.17, 15) is 13.2 Å². The average molecular weight is 591 g/mol. The first-order valence-electron chi connectivity index (χ1n) is 10.7. The van der Waals surface area contributed by atoms with Crippen LogP contribution < -0.4 is 5.32 Å². The Morgan fingerprint density at radius 1 is 1.09 bits per heavy atom. The number of furan rings is 1. The van der Waals surface area contributed by atoms with Crippen LogP contribution in [0, 0.1) is 6.92 Å². The molecule has 2 aromatic carbocycles. The van der Waals surface area contributed by atoms with E-state index in [1.807, 2.05) is 13.0 Å². The van der Waals surface area contributed by atoms with E-state index in [1.54, 1.807) is 36.4 Å². The molecule has 1 aromatic heterocycles. The van der Waals surface area contributed by atoms with E-state index in [0.29, 0.717) is 22.6 Å². The standard InChI is InChI=1S/C25H21Br2NO4S/c1-14-19(26)12-20(27)24-23(14)17(25(29)28-24)11-22-18(16-9-5-6-10-21(16)32-22)13-33(30,31)15-7-3-2-4-8-15/h2-4,7-8,11-12H,5-6,9-10,13H2,1H3,(H,28,29). The molecule has 0 bridgehead atoms. The molecule has 1 amide bonds. The van der Waals surface area contributed by atoms with Crippen molar-refractivity contribution in [1.82, 2.24) is 0 Å². The van der Waals surface area contributed by atoms with Crippen molar-refractivity contribution >= 4 is 64.9 Å². The van der Waals surface area contributed by atoms with Crippen LogP contribution in [-0.2, 0) is 33.2 Å². The molecule has 5 nitrogen and oxygen atoms in total. The van der Waals surface area contributed by atoms with Gasteiger partial charge in [-0.2, -0.15) is 0 Å². The van der Waals surface area contributed by atoms with Gasteiger partial charge in [-0.25, -0.2) is 8.42 Å². The van der Waals surface area contributed by atoms with Crippen molar-refractivity contribution in [3.05, 3.63) is 79.1 Å². The first-order valence-corrected chi connectivity index (χ1v) is 13.9. The summed E-state index contributed by atoms with van der Waals surface area (Å²) >= 11 is 7.08. The van der Waals surface area contributed by atoms with E-state index in [-0.39, 0.29) is 16.6 Å². The number of rotatable bonds is 4. The number of amides is 1. The number of sulfone groups is 1. The summed E-state index contributed by atoms with van der Waals surface area (Å²) in [5, 5.41) is 2.92. The molecule has 3 aromatic rings. The third-order valence-electron chi connectivity index (χ3n) is 6.25. The Labute approximate surface area is 209 Å². The fourth-order valence-corrected chi connectivity index (χ4v) is 7.26. The number of fused-ring (bicyclic) bond motifs is 2. The molecular formula is C25H21Br2NO4S. The first kappa shape index (κ1) is 22.6. The maximum Gasteiger partial charge on any atom is 0.256 e. The number of hydrogen-bond acceptors (Lipinski definition) is 4. The molecule has 2 aliphatic rings. The molecule has 1 aliphatic carbocycles. The maximum absolute atomic E-state index is 13.2. The molecule has 170 valence electrons. The third kappa shape index (κ3) is 4.02. The number of hydrogen-bond donors (Lipinski definition) is 1. The Morgan fingerprint density at radius 3 is 2.58 bits per heavy atom. The monoisotopic (exact) mass is 589 g/mol. The molecule has 1 N–H and O–H groups in total. The van der Waals surface area contributed by atoms with Gasteiger partial charge in [0.15, 0.2) is 9.84 Å². The summed E-state index contributed by atoms with van der Waals surface area (Å²) in [5.41, 5.74) is 4.52. The highest BCUT2D eigenvalue weighted by molar-refractivity contribution is 9.11. The van der Waals surface area contributed by atoms with Gasteiger partial charge in [0, 0.05) is 26.5 Å². The van der Waals surface area contributed by atoms with Gasteiger partial charge in [-0.15, -0.1) is 0 Å². The SMILES string of the molecule is Cc1c(Br)cc(Br)c2c1C(=Cc1oc3c(c1CS(=O)(=O)c1ccccc1)CCCC3)C(=O)N2. The zero-order valence-corrected chi connectivity index (χ0v) is 21.9. The Balaban J connectivity index is 1.66. The van der Waals surface area contributed by atoms with Crippen LogP contribution in [0.4, 0.5) is 5.69 Å². The van der Waals surface area contributed by atoms with Gasteiger partial charge >= 0.3 is 0 Å². The largest absolute Gasteiger partial charge is 0.461 e. The van der Waals surface area contributed by atoms with E-state index in [4.69, 9.17) is 4.42 Å². The predicted octanol–water partition coefficient (Wildman–Crippen LogP) is 6.46. The van der Waals surface area contributed by atoms with E-state index in [1.165, 1.54) is 0 Å². The molecule has 5 rings (SSSR count). The lowest BCUT2D eigenvalue weighted by atomic mass is 9.94. The van der Waals surface area contributed by atoms with Crippen molar-refractivity contribution < 1.29 is 17.6 Å². The molecule has 1 aliphatic heterocycles. The van der Waals surface area contributed by atoms with Gasteiger partial charge in [0.05, 0.1) is 21.9 Å². The lowest BCUT2D eigenvalue weighted by molar-refractivity contribution is -0.110. The number of carbonyl (C=O) groups is 1. The highest BCUT2D eigenvalue weighted by atomic mass is 79.9. The third-order valence-corrected chi connectivity index (χ3v) is 9.36. The van der Waals surface area contributed by atoms with Crippen LogP contribution in [0.3, 0.4) is 0 Å². The number of nitrogens with one attached hydrogen (secondary N) is 1. The normalized spacial score (nSPS) is 16.6. The molecule has 8 heteroatoms. The summed E-state index contributed by atoms with van der Waals surface area (Å²) < 4.78 is 34.3. The Hall–Kier alpha value is -2.16. The van der Waals surface area contributed by atoms with Crippen LogP contribution in [0.25, 0.3) is 11.6 Å².